The molecule has 2 atom stereocenters. The second-order valence-corrected chi connectivity index (χ2v) is 8.88. The molecule has 0 saturated carbocycles. The van der Waals surface area contributed by atoms with E-state index in [-0.39, 0.29) is 25.4 Å². The SMILES string of the molecule is Cc1cccc2c1OC(CN(C)CCO)CO2.Cc1cccc2c1OCC(CN(C)CCO)O2. The second kappa shape index (κ2) is 12.8. The molecule has 34 heavy (non-hydrogen) atoms. The molecule has 2 aromatic rings. The van der Waals surface area contributed by atoms with E-state index < -0.39 is 0 Å². The molecular formula is C26H38N2O6. The summed E-state index contributed by atoms with van der Waals surface area (Å²) in [6, 6.07) is 11.8. The number of para-hydroxylation sites is 2. The number of aryl methyl sites for hydroxylation is 2. The summed E-state index contributed by atoms with van der Waals surface area (Å²) in [6.07, 6.45) is 0.0565. The van der Waals surface area contributed by atoms with E-state index in [4.69, 9.17) is 29.2 Å². The fourth-order valence-electron chi connectivity index (χ4n) is 3.97. The molecule has 4 rings (SSSR count). The number of rotatable bonds is 8. The Morgan fingerprint density at radius 1 is 0.735 bits per heavy atom. The van der Waals surface area contributed by atoms with Gasteiger partial charge in [-0.25, -0.2) is 0 Å². The molecule has 188 valence electrons. The van der Waals surface area contributed by atoms with Gasteiger partial charge < -0.3 is 39.0 Å². The van der Waals surface area contributed by atoms with Gasteiger partial charge in [0.2, 0.25) is 0 Å². The molecule has 2 aliphatic rings. The Morgan fingerprint density at radius 3 is 1.88 bits per heavy atom. The Morgan fingerprint density at radius 2 is 1.26 bits per heavy atom. The maximum absolute atomic E-state index is 8.85. The van der Waals surface area contributed by atoms with Crippen molar-refractivity contribution in [3.63, 3.8) is 0 Å². The van der Waals surface area contributed by atoms with Crippen molar-refractivity contribution < 1.29 is 29.2 Å². The second-order valence-electron chi connectivity index (χ2n) is 8.88. The van der Waals surface area contributed by atoms with E-state index >= 15 is 0 Å². The Hall–Kier alpha value is -2.52. The highest BCUT2D eigenvalue weighted by molar-refractivity contribution is 5.47. The number of aliphatic hydroxyl groups excluding tert-OH is 2. The van der Waals surface area contributed by atoms with Crippen molar-refractivity contribution in [3.05, 3.63) is 47.5 Å². The summed E-state index contributed by atoms with van der Waals surface area (Å²) in [5, 5.41) is 17.7. The Bertz CT molecular complexity index is 909. The average molecular weight is 475 g/mol. The third-order valence-electron chi connectivity index (χ3n) is 5.76. The monoisotopic (exact) mass is 474 g/mol. The molecule has 2 N–H and O–H groups in total. The third-order valence-corrected chi connectivity index (χ3v) is 5.76. The van der Waals surface area contributed by atoms with Crippen molar-refractivity contribution in [2.75, 3.05) is 66.7 Å². The number of hydrogen-bond donors (Lipinski definition) is 2. The van der Waals surface area contributed by atoms with E-state index in [9.17, 15) is 0 Å². The van der Waals surface area contributed by atoms with E-state index in [2.05, 4.69) is 0 Å². The number of aliphatic hydroxyl groups is 2. The quantitative estimate of drug-likeness (QED) is 0.602. The number of ether oxygens (including phenoxy) is 4. The molecule has 0 radical (unpaired) electrons. The van der Waals surface area contributed by atoms with Crippen LogP contribution in [0.25, 0.3) is 0 Å². The summed E-state index contributed by atoms with van der Waals surface area (Å²) in [6.45, 7) is 8.31. The van der Waals surface area contributed by atoms with Crippen molar-refractivity contribution >= 4 is 0 Å². The van der Waals surface area contributed by atoms with Crippen LogP contribution in [-0.4, -0.2) is 98.9 Å². The highest BCUT2D eigenvalue weighted by atomic mass is 16.6. The number of hydrogen-bond acceptors (Lipinski definition) is 8. The van der Waals surface area contributed by atoms with Gasteiger partial charge in [0.25, 0.3) is 0 Å². The van der Waals surface area contributed by atoms with Crippen molar-refractivity contribution in [3.8, 4) is 23.0 Å². The molecule has 8 heteroatoms. The van der Waals surface area contributed by atoms with Crippen molar-refractivity contribution in [2.45, 2.75) is 26.1 Å². The normalized spacial score (nSPS) is 18.5. The topological polar surface area (TPSA) is 83.9 Å². The molecule has 2 aliphatic heterocycles. The van der Waals surface area contributed by atoms with Crippen LogP contribution in [0.2, 0.25) is 0 Å². The summed E-state index contributed by atoms with van der Waals surface area (Å²) in [5.74, 6) is 3.35. The summed E-state index contributed by atoms with van der Waals surface area (Å²) >= 11 is 0. The van der Waals surface area contributed by atoms with Crippen LogP contribution in [0.3, 0.4) is 0 Å². The van der Waals surface area contributed by atoms with Gasteiger partial charge in [-0.1, -0.05) is 24.3 Å². The van der Waals surface area contributed by atoms with Crippen molar-refractivity contribution in [1.82, 2.24) is 9.80 Å². The molecule has 0 spiro atoms. The summed E-state index contributed by atoms with van der Waals surface area (Å²) in [4.78, 5) is 4.08. The van der Waals surface area contributed by atoms with Crippen LogP contribution in [-0.2, 0) is 0 Å². The number of likely N-dealkylation sites (N-methyl/N-ethyl adjacent to an activating group) is 2. The van der Waals surface area contributed by atoms with Crippen molar-refractivity contribution in [1.29, 1.82) is 0 Å². The lowest BCUT2D eigenvalue weighted by Crippen LogP contribution is -2.40. The lowest BCUT2D eigenvalue weighted by atomic mass is 10.2. The predicted octanol–water partition coefficient (Wildman–Crippen LogP) is 2.12. The first-order chi connectivity index (χ1) is 16.4. The highest BCUT2D eigenvalue weighted by Crippen LogP contribution is 2.35. The standard InChI is InChI=1S/2C13H19NO3/c1-10-4-3-5-12-13(10)16-9-11(17-12)8-14(2)6-7-15;1-10-4-3-5-12-13(10)17-11(9-16-12)8-14(2)6-7-15/h2*3-5,11,15H,6-9H2,1-2H3. The molecule has 0 saturated heterocycles. The zero-order valence-electron chi connectivity index (χ0n) is 20.7. The van der Waals surface area contributed by atoms with E-state index in [0.29, 0.717) is 26.3 Å². The summed E-state index contributed by atoms with van der Waals surface area (Å²) < 4.78 is 23.2. The maximum Gasteiger partial charge on any atom is 0.164 e. The Labute approximate surface area is 202 Å². The van der Waals surface area contributed by atoms with Crippen LogP contribution in [0.5, 0.6) is 23.0 Å². The number of nitrogens with zero attached hydrogens (tertiary/aromatic N) is 2. The van der Waals surface area contributed by atoms with E-state index in [0.717, 1.165) is 47.2 Å². The van der Waals surface area contributed by atoms with Crippen LogP contribution in [0.1, 0.15) is 11.1 Å². The van der Waals surface area contributed by atoms with Crippen LogP contribution < -0.4 is 18.9 Å². The summed E-state index contributed by atoms with van der Waals surface area (Å²) in [5.41, 5.74) is 2.20. The molecule has 2 aromatic carbocycles. The zero-order chi connectivity index (χ0) is 24.5. The number of fused-ring (bicyclic) bond motifs is 2. The largest absolute Gasteiger partial charge is 0.486 e. The molecule has 2 heterocycles. The fraction of sp³-hybridized carbons (Fsp3) is 0.538. The minimum absolute atomic E-state index is 0.0279. The fourth-order valence-corrected chi connectivity index (χ4v) is 3.97. The van der Waals surface area contributed by atoms with Crippen LogP contribution in [0.15, 0.2) is 36.4 Å². The van der Waals surface area contributed by atoms with Gasteiger partial charge in [0.1, 0.15) is 25.4 Å². The minimum atomic E-state index is 0.0279. The van der Waals surface area contributed by atoms with Crippen LogP contribution in [0.4, 0.5) is 0 Å². The van der Waals surface area contributed by atoms with E-state index in [1.54, 1.807) is 0 Å². The predicted molar refractivity (Wildman–Crippen MR) is 131 cm³/mol. The first kappa shape index (κ1) is 26.1. The Balaban J connectivity index is 0.000000191. The van der Waals surface area contributed by atoms with E-state index in [1.165, 1.54) is 0 Å². The van der Waals surface area contributed by atoms with Gasteiger partial charge in [0.15, 0.2) is 23.0 Å². The van der Waals surface area contributed by atoms with Crippen molar-refractivity contribution in [2.24, 2.45) is 0 Å². The van der Waals surface area contributed by atoms with Gasteiger partial charge in [0, 0.05) is 26.2 Å². The Kier molecular flexibility index (Phi) is 9.83. The van der Waals surface area contributed by atoms with Gasteiger partial charge in [-0.15, -0.1) is 0 Å². The molecule has 0 fully saturated rings. The van der Waals surface area contributed by atoms with Crippen LogP contribution >= 0.6 is 0 Å². The number of benzene rings is 2. The van der Waals surface area contributed by atoms with E-state index in [1.807, 2.05) is 74.1 Å². The molecular weight excluding hydrogens is 436 g/mol. The molecule has 2 unspecified atom stereocenters. The summed E-state index contributed by atoms with van der Waals surface area (Å²) in [7, 11) is 3.93. The maximum atomic E-state index is 8.85. The zero-order valence-corrected chi connectivity index (χ0v) is 20.7. The lowest BCUT2D eigenvalue weighted by molar-refractivity contribution is 0.0606. The highest BCUT2D eigenvalue weighted by Gasteiger charge is 2.24. The van der Waals surface area contributed by atoms with Gasteiger partial charge in [-0.05, 0) is 51.2 Å². The van der Waals surface area contributed by atoms with Gasteiger partial charge in [0.05, 0.1) is 13.2 Å². The smallest absolute Gasteiger partial charge is 0.164 e. The van der Waals surface area contributed by atoms with Gasteiger partial charge in [-0.3, -0.25) is 0 Å². The van der Waals surface area contributed by atoms with Gasteiger partial charge >= 0.3 is 0 Å². The minimum Gasteiger partial charge on any atom is -0.486 e. The van der Waals surface area contributed by atoms with Crippen LogP contribution in [0, 0.1) is 13.8 Å². The molecule has 0 aliphatic carbocycles. The average Bonchev–Trinajstić information content (AvgIpc) is 2.80. The third kappa shape index (κ3) is 7.24. The molecule has 0 amide bonds. The van der Waals surface area contributed by atoms with Gasteiger partial charge in [-0.2, -0.15) is 0 Å². The molecule has 0 aromatic heterocycles. The first-order valence-electron chi connectivity index (χ1n) is 11.8. The lowest BCUT2D eigenvalue weighted by Gasteiger charge is -2.30. The molecule has 0 bridgehead atoms. The molecule has 8 nitrogen and oxygen atoms in total. The first-order valence-corrected chi connectivity index (χ1v) is 11.8.